The van der Waals surface area contributed by atoms with Gasteiger partial charge in [-0.15, -0.1) is 16.8 Å². The van der Waals surface area contributed by atoms with Crippen molar-refractivity contribution in [3.63, 3.8) is 0 Å². The zero-order valence-electron chi connectivity index (χ0n) is 29.4. The van der Waals surface area contributed by atoms with E-state index in [2.05, 4.69) is 21.8 Å². The third kappa shape index (κ3) is 10.7. The molecule has 0 N–H and O–H groups in total. The van der Waals surface area contributed by atoms with Gasteiger partial charge in [-0.25, -0.2) is 14.6 Å². The Morgan fingerprint density at radius 3 is 1.98 bits per heavy atom. The molecule has 0 spiro atoms. The molecule has 280 valence electrons. The molecule has 0 fully saturated rings. The molecule has 2 amide bonds. The highest BCUT2D eigenvalue weighted by Gasteiger charge is 2.58. The molecule has 1 unspecified atom stereocenters. The summed E-state index contributed by atoms with van der Waals surface area (Å²) < 4.78 is 114. The highest BCUT2D eigenvalue weighted by Crippen LogP contribution is 2.45. The van der Waals surface area contributed by atoms with E-state index in [9.17, 15) is 35.9 Å². The summed E-state index contributed by atoms with van der Waals surface area (Å²) in [6.07, 6.45) is -12.2. The third-order valence-corrected chi connectivity index (χ3v) is 6.70. The summed E-state index contributed by atoms with van der Waals surface area (Å²) in [6.45, 7) is 13.7. The number of halogens is 6. The maximum Gasteiger partial charge on any atom is 0.426 e. The van der Waals surface area contributed by atoms with Crippen LogP contribution in [0.4, 0.5) is 41.6 Å². The van der Waals surface area contributed by atoms with Crippen molar-refractivity contribution < 1.29 is 59.3 Å². The van der Waals surface area contributed by atoms with E-state index in [0.717, 1.165) is 0 Å². The van der Waals surface area contributed by atoms with Gasteiger partial charge in [-0.1, -0.05) is 36.4 Å². The van der Waals surface area contributed by atoms with Crippen molar-refractivity contribution in [2.45, 2.75) is 110 Å². The number of pyridine rings is 1. The molecule has 0 saturated carbocycles. The Morgan fingerprint density at radius 1 is 0.922 bits per heavy atom. The van der Waals surface area contributed by atoms with Crippen molar-refractivity contribution in [2.75, 3.05) is 4.90 Å². The Hall–Kier alpha value is -4.67. The molecule has 2 aromatic heterocycles. The van der Waals surface area contributed by atoms with Crippen molar-refractivity contribution in [1.82, 2.24) is 15.2 Å². The third-order valence-electron chi connectivity index (χ3n) is 6.70. The van der Waals surface area contributed by atoms with Crippen LogP contribution in [0.1, 0.15) is 85.2 Å². The van der Waals surface area contributed by atoms with E-state index in [1.54, 1.807) is 18.2 Å². The predicted molar refractivity (Wildman–Crippen MR) is 172 cm³/mol. The molecule has 0 radical (unpaired) electrons. The van der Waals surface area contributed by atoms with E-state index in [0.29, 0.717) is 25.0 Å². The van der Waals surface area contributed by atoms with Crippen LogP contribution in [0.15, 0.2) is 53.5 Å². The number of hydrogen-bond donors (Lipinski definition) is 0. The molecule has 0 aliphatic carbocycles. The van der Waals surface area contributed by atoms with Crippen molar-refractivity contribution in [1.29, 1.82) is 0 Å². The average molecular weight is 731 g/mol. The van der Waals surface area contributed by atoms with Gasteiger partial charge in [0.25, 0.3) is 11.8 Å². The van der Waals surface area contributed by atoms with E-state index >= 15 is 0 Å². The standard InChI is InChI=1S/C34H40F6N4O7/c1-10-11-15-20(2)48-25-22(33(35,36)37)18-23(44(28(45)50-30(3,4)5)29(46)51-31(6,7)8)24(41-25)26-42-43-27(49-26)32(9,34(38,39)40)47-19-21-16-13-12-14-17-21/h10,12-14,16-18,20H,1,11,15,19H2,2-9H3/t20-,32?/m1/s1. The fourth-order valence-electron chi connectivity index (χ4n) is 4.17. The van der Waals surface area contributed by atoms with Gasteiger partial charge < -0.3 is 23.4 Å². The second kappa shape index (κ2) is 15.3. The molecule has 51 heavy (non-hydrogen) atoms. The molecule has 0 aliphatic heterocycles. The Labute approximate surface area is 290 Å². The van der Waals surface area contributed by atoms with Crippen LogP contribution in [0.3, 0.4) is 0 Å². The summed E-state index contributed by atoms with van der Waals surface area (Å²) in [5, 5.41) is 7.18. The predicted octanol–water partition coefficient (Wildman–Crippen LogP) is 9.55. The molecule has 0 aliphatic rings. The van der Waals surface area contributed by atoms with Crippen molar-refractivity contribution in [2.24, 2.45) is 0 Å². The highest BCUT2D eigenvalue weighted by molar-refractivity contribution is 6.11. The van der Waals surface area contributed by atoms with Crippen LogP contribution in [0.2, 0.25) is 0 Å². The molecule has 2 atom stereocenters. The minimum absolute atomic E-state index is 0.109. The van der Waals surface area contributed by atoms with E-state index < -0.39 is 88.7 Å². The number of rotatable bonds is 11. The molecule has 3 aromatic rings. The highest BCUT2D eigenvalue weighted by atomic mass is 19.4. The van der Waals surface area contributed by atoms with E-state index in [-0.39, 0.29) is 11.3 Å². The molecule has 1 aromatic carbocycles. The lowest BCUT2D eigenvalue weighted by molar-refractivity contribution is -0.289. The summed E-state index contributed by atoms with van der Waals surface area (Å²) in [7, 11) is 0. The lowest BCUT2D eigenvalue weighted by atomic mass is 10.1. The number of ether oxygens (including phenoxy) is 4. The molecular formula is C34H40F6N4O7. The number of carbonyl (C=O) groups is 2. The average Bonchev–Trinajstić information content (AvgIpc) is 3.48. The number of anilines is 1. The summed E-state index contributed by atoms with van der Waals surface area (Å²) in [5.74, 6) is -3.13. The molecule has 2 heterocycles. The first kappa shape index (κ1) is 40.8. The van der Waals surface area contributed by atoms with Crippen LogP contribution in [0.5, 0.6) is 5.88 Å². The molecule has 3 rings (SSSR count). The maximum atomic E-state index is 14.6. The Morgan fingerprint density at radius 2 is 1.49 bits per heavy atom. The van der Waals surface area contributed by atoms with Crippen LogP contribution < -0.4 is 9.64 Å². The second-order valence-corrected chi connectivity index (χ2v) is 13.5. The number of allylic oxidation sites excluding steroid dienone is 1. The van der Waals surface area contributed by atoms with Gasteiger partial charge in [0.2, 0.25) is 11.5 Å². The Kier molecular flexibility index (Phi) is 12.2. The molecule has 11 nitrogen and oxygen atoms in total. The van der Waals surface area contributed by atoms with Crippen LogP contribution in [0.25, 0.3) is 11.6 Å². The number of hydrogen-bond acceptors (Lipinski definition) is 10. The smallest absolute Gasteiger partial charge is 0.426 e. The number of alkyl halides is 6. The van der Waals surface area contributed by atoms with E-state index in [1.165, 1.54) is 66.7 Å². The summed E-state index contributed by atoms with van der Waals surface area (Å²) >= 11 is 0. The maximum absolute atomic E-state index is 14.6. The number of benzene rings is 1. The van der Waals surface area contributed by atoms with Crippen molar-refractivity contribution in [3.05, 3.63) is 66.1 Å². The van der Waals surface area contributed by atoms with Crippen LogP contribution in [0, 0.1) is 0 Å². The van der Waals surface area contributed by atoms with Gasteiger partial charge in [0.1, 0.15) is 16.8 Å². The first-order valence-corrected chi connectivity index (χ1v) is 15.6. The minimum atomic E-state index is -5.19. The summed E-state index contributed by atoms with van der Waals surface area (Å²) in [4.78, 5) is 31.1. The number of aromatic nitrogens is 3. The fourth-order valence-corrected chi connectivity index (χ4v) is 4.17. The summed E-state index contributed by atoms with van der Waals surface area (Å²) in [5.41, 5.74) is -8.79. The molecular weight excluding hydrogens is 690 g/mol. The quantitative estimate of drug-likeness (QED) is 0.139. The van der Waals surface area contributed by atoms with Crippen LogP contribution in [-0.4, -0.2) is 50.9 Å². The number of carbonyl (C=O) groups excluding carboxylic acids is 2. The van der Waals surface area contributed by atoms with Crippen molar-refractivity contribution in [3.8, 4) is 17.5 Å². The SMILES string of the molecule is C=CCC[C@@H](C)Oc1nc(-c2nnc(C(C)(OCc3ccccc3)C(F)(F)F)o2)c(N(C(=O)OC(C)(C)C)C(=O)OC(C)(C)C)cc1C(F)(F)F. The van der Waals surface area contributed by atoms with Gasteiger partial charge in [0.05, 0.1) is 18.4 Å². The number of nitrogens with zero attached hydrogens (tertiary/aromatic N) is 4. The van der Waals surface area contributed by atoms with Crippen LogP contribution in [-0.2, 0) is 32.6 Å². The van der Waals surface area contributed by atoms with E-state index in [4.69, 9.17) is 23.4 Å². The van der Waals surface area contributed by atoms with Gasteiger partial charge in [0, 0.05) is 0 Å². The number of amides is 2. The first-order chi connectivity index (χ1) is 23.4. The second-order valence-electron chi connectivity index (χ2n) is 13.5. The lowest BCUT2D eigenvalue weighted by Gasteiger charge is -2.30. The zero-order chi connectivity index (χ0) is 38.6. The molecule has 0 bridgehead atoms. The Bertz CT molecular complexity index is 1650. The van der Waals surface area contributed by atoms with Gasteiger partial charge in [-0.3, -0.25) is 0 Å². The monoisotopic (exact) mass is 730 g/mol. The van der Waals surface area contributed by atoms with Crippen LogP contribution >= 0.6 is 0 Å². The van der Waals surface area contributed by atoms with Gasteiger partial charge in [0.15, 0.2) is 5.69 Å². The first-order valence-electron chi connectivity index (χ1n) is 15.6. The fraction of sp³-hybridized carbons (Fsp3) is 0.500. The minimum Gasteiger partial charge on any atom is -0.474 e. The molecule has 17 heteroatoms. The van der Waals surface area contributed by atoms with Gasteiger partial charge >= 0.3 is 24.5 Å². The lowest BCUT2D eigenvalue weighted by Crippen LogP contribution is -2.44. The van der Waals surface area contributed by atoms with Crippen molar-refractivity contribution >= 4 is 17.9 Å². The molecule has 0 saturated heterocycles. The normalized spacial score (nSPS) is 14.3. The Balaban J connectivity index is 2.35. The topological polar surface area (TPSA) is 126 Å². The zero-order valence-corrected chi connectivity index (χ0v) is 29.4. The van der Waals surface area contributed by atoms with Gasteiger partial charge in [-0.05, 0) is 79.9 Å². The number of imide groups is 1. The summed E-state index contributed by atoms with van der Waals surface area (Å²) in [6, 6.07) is 8.21. The largest absolute Gasteiger partial charge is 0.474 e. The van der Waals surface area contributed by atoms with E-state index in [1.807, 2.05) is 0 Å². The van der Waals surface area contributed by atoms with Gasteiger partial charge in [-0.2, -0.15) is 31.2 Å².